The molecule has 1 aliphatic rings. The van der Waals surface area contributed by atoms with Gasteiger partial charge in [-0.3, -0.25) is 10.1 Å². The Labute approximate surface area is 162 Å². The van der Waals surface area contributed by atoms with E-state index in [1.807, 2.05) is 25.1 Å². The first-order valence-corrected chi connectivity index (χ1v) is 8.59. The summed E-state index contributed by atoms with van der Waals surface area (Å²) in [7, 11) is 0. The molecule has 2 N–H and O–H groups in total. The predicted molar refractivity (Wildman–Crippen MR) is 104 cm³/mol. The van der Waals surface area contributed by atoms with E-state index in [1.165, 1.54) is 18.3 Å². The monoisotopic (exact) mass is 391 g/mol. The lowest BCUT2D eigenvalue weighted by Crippen LogP contribution is -2.00. The summed E-state index contributed by atoms with van der Waals surface area (Å²) in [5.41, 5.74) is 5.99. The summed E-state index contributed by atoms with van der Waals surface area (Å²) in [5.74, 6) is 0.903. The van der Waals surface area contributed by atoms with Crippen molar-refractivity contribution in [2.75, 3.05) is 12.2 Å². The number of para-hydroxylation sites is 1. The average molecular weight is 391 g/mol. The second-order valence-corrected chi connectivity index (χ2v) is 6.35. The number of aromatic nitrogens is 4. The highest BCUT2D eigenvalue weighted by Crippen LogP contribution is 2.37. The molecule has 0 atom stereocenters. The molecule has 29 heavy (non-hydrogen) atoms. The van der Waals surface area contributed by atoms with Crippen molar-refractivity contribution in [1.29, 1.82) is 0 Å². The Morgan fingerprint density at radius 3 is 2.93 bits per heavy atom. The summed E-state index contributed by atoms with van der Waals surface area (Å²) in [6.07, 6.45) is 1.29. The van der Waals surface area contributed by atoms with E-state index in [-0.39, 0.29) is 24.0 Å². The number of nitro groups is 1. The highest BCUT2D eigenvalue weighted by atomic mass is 16.7. The lowest BCUT2D eigenvalue weighted by Gasteiger charge is -2.01. The number of nitro benzene ring substituents is 1. The molecule has 0 fully saturated rings. The van der Waals surface area contributed by atoms with Gasteiger partial charge in [0.25, 0.3) is 11.6 Å². The highest BCUT2D eigenvalue weighted by Gasteiger charge is 2.22. The molecule has 4 aromatic rings. The molecule has 11 heteroatoms. The molecule has 0 radical (unpaired) electrons. The maximum Gasteiger partial charge on any atom is 0.282 e. The van der Waals surface area contributed by atoms with Crippen LogP contribution in [0.4, 0.5) is 11.6 Å². The molecule has 11 nitrogen and oxygen atoms in total. The number of hydrogen-bond donors (Lipinski definition) is 2. The largest absolute Gasteiger partial charge is 0.454 e. The number of H-pyrrole nitrogens is 1. The Bertz CT molecular complexity index is 1310. The van der Waals surface area contributed by atoms with Crippen molar-refractivity contribution in [2.45, 2.75) is 6.92 Å². The van der Waals surface area contributed by atoms with E-state index in [4.69, 9.17) is 9.47 Å². The van der Waals surface area contributed by atoms with Crippen LogP contribution in [0.25, 0.3) is 22.1 Å². The van der Waals surface area contributed by atoms with Crippen molar-refractivity contribution in [3.63, 3.8) is 0 Å². The van der Waals surface area contributed by atoms with Crippen molar-refractivity contribution < 1.29 is 14.4 Å². The summed E-state index contributed by atoms with van der Waals surface area (Å²) < 4.78 is 10.4. The first-order valence-electron chi connectivity index (χ1n) is 8.59. The number of aryl methyl sites for hydroxylation is 1. The normalized spacial score (nSPS) is 12.9. The summed E-state index contributed by atoms with van der Waals surface area (Å²) in [6, 6.07) is 8.69. The molecule has 0 saturated heterocycles. The maximum atomic E-state index is 11.3. The fraction of sp³-hybridized carbons (Fsp3) is 0.111. The van der Waals surface area contributed by atoms with E-state index in [1.54, 1.807) is 0 Å². The van der Waals surface area contributed by atoms with Gasteiger partial charge in [-0.2, -0.15) is 10.1 Å². The van der Waals surface area contributed by atoms with Gasteiger partial charge in [-0.25, -0.2) is 5.43 Å². The second kappa shape index (κ2) is 6.41. The summed E-state index contributed by atoms with van der Waals surface area (Å²) >= 11 is 0. The topological polar surface area (TPSA) is 140 Å². The molecule has 1 aliphatic heterocycles. The van der Waals surface area contributed by atoms with Crippen molar-refractivity contribution >= 4 is 39.9 Å². The van der Waals surface area contributed by atoms with Gasteiger partial charge < -0.3 is 14.5 Å². The number of hydrazone groups is 1. The predicted octanol–water partition coefficient (Wildman–Crippen LogP) is 2.90. The standard InChI is InChI=1S/C18H13N7O4/c1-9-3-2-4-11-15(9)20-17-16(11)22-24-18(21-17)23-19-7-10-5-13-14(29-8-28-13)6-12(10)25(26)27/h2-7H,8H2,1H3,(H2,20,21,23,24)/b19-7+. The Balaban J connectivity index is 1.45. The van der Waals surface area contributed by atoms with E-state index in [0.29, 0.717) is 22.7 Å². The van der Waals surface area contributed by atoms with Crippen molar-refractivity contribution in [2.24, 2.45) is 5.10 Å². The van der Waals surface area contributed by atoms with Gasteiger partial charge in [0.2, 0.25) is 6.79 Å². The molecule has 0 amide bonds. The average Bonchev–Trinajstić information content (AvgIpc) is 3.31. The first-order chi connectivity index (χ1) is 14.1. The number of ether oxygens (including phenoxy) is 2. The van der Waals surface area contributed by atoms with Crippen LogP contribution in [0.5, 0.6) is 11.5 Å². The van der Waals surface area contributed by atoms with Gasteiger partial charge in [-0.15, -0.1) is 10.2 Å². The summed E-state index contributed by atoms with van der Waals surface area (Å²) in [6.45, 7) is 2.02. The first kappa shape index (κ1) is 16.9. The SMILES string of the molecule is Cc1cccc2c1[nH]c1nc(N/N=C/c3cc4c(cc3[N+](=O)[O-])OCO4)nnc12. The van der Waals surface area contributed by atoms with E-state index in [9.17, 15) is 10.1 Å². The van der Waals surface area contributed by atoms with Crippen molar-refractivity contribution in [1.82, 2.24) is 20.2 Å². The Hall–Kier alpha value is -4.28. The van der Waals surface area contributed by atoms with Gasteiger partial charge in [0.1, 0.15) is 5.52 Å². The van der Waals surface area contributed by atoms with Crippen LogP contribution in [0.1, 0.15) is 11.1 Å². The lowest BCUT2D eigenvalue weighted by molar-refractivity contribution is -0.385. The third-order valence-electron chi connectivity index (χ3n) is 4.54. The number of nitrogens with zero attached hydrogens (tertiary/aromatic N) is 5. The van der Waals surface area contributed by atoms with Crippen LogP contribution in [0, 0.1) is 17.0 Å². The number of anilines is 1. The number of fused-ring (bicyclic) bond motifs is 4. The van der Waals surface area contributed by atoms with Gasteiger partial charge in [0, 0.05) is 5.39 Å². The number of benzene rings is 2. The van der Waals surface area contributed by atoms with Crippen LogP contribution in [0.2, 0.25) is 0 Å². The Kier molecular flexibility index (Phi) is 3.72. The molecular formula is C18H13N7O4. The minimum Gasteiger partial charge on any atom is -0.454 e. The maximum absolute atomic E-state index is 11.3. The van der Waals surface area contributed by atoms with Crippen molar-refractivity contribution in [3.8, 4) is 11.5 Å². The number of aromatic amines is 1. The van der Waals surface area contributed by atoms with E-state index in [0.717, 1.165) is 16.5 Å². The van der Waals surface area contributed by atoms with Gasteiger partial charge in [-0.05, 0) is 18.6 Å². The fourth-order valence-electron chi connectivity index (χ4n) is 3.16. The van der Waals surface area contributed by atoms with Crippen LogP contribution in [0.3, 0.4) is 0 Å². The van der Waals surface area contributed by atoms with Crippen LogP contribution >= 0.6 is 0 Å². The zero-order valence-corrected chi connectivity index (χ0v) is 15.0. The quantitative estimate of drug-likeness (QED) is 0.307. The van der Waals surface area contributed by atoms with Gasteiger partial charge >= 0.3 is 0 Å². The zero-order chi connectivity index (χ0) is 20.0. The van der Waals surface area contributed by atoms with Crippen LogP contribution in [0.15, 0.2) is 35.4 Å². The molecule has 0 saturated carbocycles. The van der Waals surface area contributed by atoms with Gasteiger partial charge in [0.15, 0.2) is 17.1 Å². The van der Waals surface area contributed by atoms with Gasteiger partial charge in [-0.1, -0.05) is 18.2 Å². The van der Waals surface area contributed by atoms with E-state index in [2.05, 4.69) is 30.7 Å². The smallest absolute Gasteiger partial charge is 0.282 e. The van der Waals surface area contributed by atoms with Gasteiger partial charge in [0.05, 0.1) is 28.3 Å². The van der Waals surface area contributed by atoms with Crippen molar-refractivity contribution in [3.05, 3.63) is 51.6 Å². The van der Waals surface area contributed by atoms with E-state index < -0.39 is 4.92 Å². The fourth-order valence-corrected chi connectivity index (χ4v) is 3.16. The number of hydrogen-bond acceptors (Lipinski definition) is 9. The molecule has 144 valence electrons. The Morgan fingerprint density at radius 2 is 2.10 bits per heavy atom. The van der Waals surface area contributed by atoms with Crippen LogP contribution in [-0.4, -0.2) is 38.1 Å². The molecule has 2 aromatic heterocycles. The number of rotatable bonds is 4. The molecule has 0 spiro atoms. The summed E-state index contributed by atoms with van der Waals surface area (Å²) in [4.78, 5) is 18.4. The third kappa shape index (κ3) is 2.84. The molecular weight excluding hydrogens is 378 g/mol. The molecule has 0 unspecified atom stereocenters. The molecule has 5 rings (SSSR count). The second-order valence-electron chi connectivity index (χ2n) is 6.35. The molecule has 2 aromatic carbocycles. The van der Waals surface area contributed by atoms with Crippen LogP contribution in [-0.2, 0) is 0 Å². The zero-order valence-electron chi connectivity index (χ0n) is 15.0. The minimum atomic E-state index is -0.514. The molecule has 0 aliphatic carbocycles. The number of nitrogens with one attached hydrogen (secondary N) is 2. The van der Waals surface area contributed by atoms with Crippen LogP contribution < -0.4 is 14.9 Å². The Morgan fingerprint density at radius 1 is 1.28 bits per heavy atom. The minimum absolute atomic E-state index is 0.0227. The molecule has 0 bridgehead atoms. The van der Waals surface area contributed by atoms with E-state index >= 15 is 0 Å². The highest BCUT2D eigenvalue weighted by molar-refractivity contribution is 6.04. The third-order valence-corrected chi connectivity index (χ3v) is 4.54. The lowest BCUT2D eigenvalue weighted by atomic mass is 10.1. The summed E-state index contributed by atoms with van der Waals surface area (Å²) in [5, 5.41) is 24.5. The molecule has 3 heterocycles.